The van der Waals surface area contributed by atoms with Crippen LogP contribution in [0.3, 0.4) is 0 Å². The van der Waals surface area contributed by atoms with Gasteiger partial charge in [-0.15, -0.1) is 0 Å². The molecule has 1 amide bonds. The van der Waals surface area contributed by atoms with Crippen LogP contribution in [0.15, 0.2) is 41.6 Å². The van der Waals surface area contributed by atoms with Crippen molar-refractivity contribution in [2.45, 2.75) is 44.3 Å². The normalized spacial score (nSPS) is 12.8. The quantitative estimate of drug-likeness (QED) is 0.721. The molecule has 1 atom stereocenters. The van der Waals surface area contributed by atoms with Gasteiger partial charge in [0.15, 0.2) is 0 Å². The number of hydrogen-bond acceptors (Lipinski definition) is 5. The Kier molecular flexibility index (Phi) is 6.38. The zero-order chi connectivity index (χ0) is 19.3. The fraction of sp³-hybridized carbons (Fsp3) is 0.412. The molecule has 2 rings (SSSR count). The number of aromatic nitrogens is 2. The van der Waals surface area contributed by atoms with Crippen LogP contribution in [-0.4, -0.2) is 43.3 Å². The molecule has 26 heavy (non-hydrogen) atoms. The predicted octanol–water partition coefficient (Wildman–Crippen LogP) is 1.40. The third kappa shape index (κ3) is 5.06. The van der Waals surface area contributed by atoms with Crippen LogP contribution in [0.5, 0.6) is 5.75 Å². The first-order valence-corrected chi connectivity index (χ1v) is 9.70. The molecule has 0 saturated carbocycles. The van der Waals surface area contributed by atoms with E-state index < -0.39 is 10.0 Å². The summed E-state index contributed by atoms with van der Waals surface area (Å²) in [6.45, 7) is 5.80. The van der Waals surface area contributed by atoms with Gasteiger partial charge < -0.3 is 10.1 Å². The molecule has 0 unspecified atom stereocenters. The summed E-state index contributed by atoms with van der Waals surface area (Å²) in [5, 5.41) is 6.93. The zero-order valence-corrected chi connectivity index (χ0v) is 16.1. The molecule has 9 heteroatoms. The highest BCUT2D eigenvalue weighted by molar-refractivity contribution is 7.89. The summed E-state index contributed by atoms with van der Waals surface area (Å²) in [5.74, 6) is -0.187. The molecule has 0 aliphatic carbocycles. The van der Waals surface area contributed by atoms with Crippen LogP contribution < -0.4 is 14.8 Å². The Hall–Kier alpha value is -2.39. The maximum Gasteiger partial charge on any atom is 0.251 e. The summed E-state index contributed by atoms with van der Waals surface area (Å²) >= 11 is 0. The number of carbonyl (C=O) groups excluding carboxylic acids is 1. The van der Waals surface area contributed by atoms with Crippen LogP contribution in [0.2, 0.25) is 0 Å². The Morgan fingerprint density at radius 1 is 1.31 bits per heavy atom. The van der Waals surface area contributed by atoms with Crippen LogP contribution >= 0.6 is 0 Å². The molecule has 0 saturated heterocycles. The number of hydrogen-bond donors (Lipinski definition) is 2. The lowest BCUT2D eigenvalue weighted by Gasteiger charge is -2.16. The average molecular weight is 380 g/mol. The van der Waals surface area contributed by atoms with E-state index in [0.717, 1.165) is 0 Å². The number of sulfonamides is 1. The summed E-state index contributed by atoms with van der Waals surface area (Å²) in [6, 6.07) is 5.66. The molecule has 0 aliphatic heterocycles. The van der Waals surface area contributed by atoms with E-state index in [4.69, 9.17) is 4.74 Å². The van der Waals surface area contributed by atoms with Crippen LogP contribution in [0, 0.1) is 0 Å². The van der Waals surface area contributed by atoms with Crippen molar-refractivity contribution in [3.05, 3.63) is 42.2 Å². The Labute approximate surface area is 153 Å². The third-order valence-electron chi connectivity index (χ3n) is 3.50. The second kappa shape index (κ2) is 8.33. The topological polar surface area (TPSA) is 102 Å². The number of nitrogens with one attached hydrogen (secondary N) is 2. The number of amides is 1. The lowest BCUT2D eigenvalue weighted by molar-refractivity contribution is 0.0935. The Balaban J connectivity index is 2.21. The van der Waals surface area contributed by atoms with Gasteiger partial charge in [0.05, 0.1) is 13.7 Å². The molecule has 142 valence electrons. The molecule has 1 aromatic carbocycles. The molecule has 0 fully saturated rings. The SMILES string of the molecule is COc1ccc(C(=O)N[C@H](C)Cn2cccn2)cc1S(=O)(=O)NC(C)C. The van der Waals surface area contributed by atoms with E-state index in [1.165, 1.54) is 25.3 Å². The van der Waals surface area contributed by atoms with Gasteiger partial charge in [0.2, 0.25) is 10.0 Å². The highest BCUT2D eigenvalue weighted by Crippen LogP contribution is 2.25. The van der Waals surface area contributed by atoms with Crippen LogP contribution in [0.4, 0.5) is 0 Å². The van der Waals surface area contributed by atoms with E-state index in [9.17, 15) is 13.2 Å². The van der Waals surface area contributed by atoms with Crippen LogP contribution in [0.25, 0.3) is 0 Å². The van der Waals surface area contributed by atoms with E-state index >= 15 is 0 Å². The van der Waals surface area contributed by atoms with Crippen molar-refractivity contribution in [2.24, 2.45) is 0 Å². The smallest absolute Gasteiger partial charge is 0.251 e. The van der Waals surface area contributed by atoms with Gasteiger partial charge in [-0.3, -0.25) is 9.48 Å². The second-order valence-corrected chi connectivity index (χ2v) is 7.93. The molecule has 2 N–H and O–H groups in total. The van der Waals surface area contributed by atoms with E-state index in [1.54, 1.807) is 37.0 Å². The summed E-state index contributed by atoms with van der Waals surface area (Å²) in [5.41, 5.74) is 0.238. The van der Waals surface area contributed by atoms with Crippen LogP contribution in [-0.2, 0) is 16.6 Å². The Bertz CT molecular complexity index is 848. The van der Waals surface area contributed by atoms with Gasteiger partial charge in [-0.2, -0.15) is 5.10 Å². The van der Waals surface area contributed by atoms with Crippen molar-refractivity contribution in [2.75, 3.05) is 7.11 Å². The van der Waals surface area contributed by atoms with Gasteiger partial charge >= 0.3 is 0 Å². The highest BCUT2D eigenvalue weighted by atomic mass is 32.2. The molecule has 0 aliphatic rings. The minimum Gasteiger partial charge on any atom is -0.495 e. The van der Waals surface area contributed by atoms with Crippen molar-refractivity contribution in [3.8, 4) is 5.75 Å². The Morgan fingerprint density at radius 2 is 2.04 bits per heavy atom. The van der Waals surface area contributed by atoms with Gasteiger partial charge in [-0.1, -0.05) is 0 Å². The standard InChI is InChI=1S/C17H24N4O4S/c1-12(2)20-26(23,24)16-10-14(6-7-15(16)25-4)17(22)19-13(3)11-21-9-5-8-18-21/h5-10,12-13,20H,11H2,1-4H3,(H,19,22)/t13-/m1/s1. The monoisotopic (exact) mass is 380 g/mol. The van der Waals surface area contributed by atoms with Crippen molar-refractivity contribution in [1.29, 1.82) is 0 Å². The number of ether oxygens (including phenoxy) is 1. The van der Waals surface area contributed by atoms with Gasteiger partial charge in [0.1, 0.15) is 10.6 Å². The van der Waals surface area contributed by atoms with E-state index in [2.05, 4.69) is 15.1 Å². The minimum atomic E-state index is -3.80. The molecular weight excluding hydrogens is 356 g/mol. The number of rotatable bonds is 8. The largest absolute Gasteiger partial charge is 0.495 e. The summed E-state index contributed by atoms with van der Waals surface area (Å²) in [6.07, 6.45) is 3.47. The number of carbonyl (C=O) groups is 1. The van der Waals surface area contributed by atoms with E-state index in [0.29, 0.717) is 6.54 Å². The highest BCUT2D eigenvalue weighted by Gasteiger charge is 2.23. The first-order chi connectivity index (χ1) is 12.2. The zero-order valence-electron chi connectivity index (χ0n) is 15.3. The van der Waals surface area contributed by atoms with Crippen LogP contribution in [0.1, 0.15) is 31.1 Å². The summed E-state index contributed by atoms with van der Waals surface area (Å²) < 4.78 is 34.3. The fourth-order valence-electron chi connectivity index (χ4n) is 2.44. The molecule has 0 bridgehead atoms. The molecule has 1 aromatic heterocycles. The van der Waals surface area contributed by atoms with E-state index in [-0.39, 0.29) is 34.2 Å². The second-order valence-electron chi connectivity index (χ2n) is 6.24. The average Bonchev–Trinajstić information content (AvgIpc) is 3.05. The molecule has 2 aromatic rings. The first kappa shape index (κ1) is 19.9. The molecule has 0 spiro atoms. The lowest BCUT2D eigenvalue weighted by atomic mass is 10.2. The van der Waals surface area contributed by atoms with Crippen molar-refractivity contribution in [1.82, 2.24) is 19.8 Å². The van der Waals surface area contributed by atoms with Crippen molar-refractivity contribution < 1.29 is 17.9 Å². The Morgan fingerprint density at radius 3 is 2.62 bits per heavy atom. The molecule has 1 heterocycles. The number of benzene rings is 1. The maximum absolute atomic E-state index is 12.5. The molecule has 8 nitrogen and oxygen atoms in total. The summed E-state index contributed by atoms with van der Waals surface area (Å²) in [4.78, 5) is 12.4. The minimum absolute atomic E-state index is 0.0684. The van der Waals surface area contributed by atoms with E-state index in [1.807, 2.05) is 6.92 Å². The molecule has 0 radical (unpaired) electrons. The van der Waals surface area contributed by atoms with Gasteiger partial charge in [-0.05, 0) is 45.0 Å². The number of methoxy groups -OCH3 is 1. The third-order valence-corrected chi connectivity index (χ3v) is 5.18. The maximum atomic E-state index is 12.5. The fourth-order valence-corrected chi connectivity index (χ4v) is 3.89. The van der Waals surface area contributed by atoms with Gasteiger partial charge in [0.25, 0.3) is 5.91 Å². The number of nitrogens with zero attached hydrogens (tertiary/aromatic N) is 2. The molecular formula is C17H24N4O4S. The van der Waals surface area contributed by atoms with Crippen molar-refractivity contribution >= 4 is 15.9 Å². The lowest BCUT2D eigenvalue weighted by Crippen LogP contribution is -2.36. The summed E-state index contributed by atoms with van der Waals surface area (Å²) in [7, 11) is -2.41. The predicted molar refractivity (Wildman–Crippen MR) is 97.6 cm³/mol. The van der Waals surface area contributed by atoms with Crippen molar-refractivity contribution in [3.63, 3.8) is 0 Å². The van der Waals surface area contributed by atoms with Gasteiger partial charge in [-0.25, -0.2) is 13.1 Å². The van der Waals surface area contributed by atoms with Gasteiger partial charge in [0, 0.05) is 30.0 Å². The first-order valence-electron chi connectivity index (χ1n) is 8.21.